The molecule has 72 valence electrons. The first-order valence-corrected chi connectivity index (χ1v) is 4.32. The van der Waals surface area contributed by atoms with Crippen LogP contribution < -0.4 is 5.73 Å². The molecule has 13 heavy (non-hydrogen) atoms. The second kappa shape index (κ2) is 3.08. The summed E-state index contributed by atoms with van der Waals surface area (Å²) in [5, 5.41) is 3.78. The average Bonchev–Trinajstić information content (AvgIpc) is 2.82. The lowest BCUT2D eigenvalue weighted by Crippen LogP contribution is -2.44. The molecule has 1 aromatic rings. The van der Waals surface area contributed by atoms with Crippen molar-refractivity contribution in [3.63, 3.8) is 0 Å². The summed E-state index contributed by atoms with van der Waals surface area (Å²) < 4.78 is 9.77. The molecular weight excluding hydrogens is 170 g/mol. The summed E-state index contributed by atoms with van der Waals surface area (Å²) in [4.78, 5) is 3.99. The second-order valence-corrected chi connectivity index (χ2v) is 3.50. The van der Waals surface area contributed by atoms with E-state index in [2.05, 4.69) is 14.7 Å². The largest absolute Gasteiger partial charge is 0.382 e. The van der Waals surface area contributed by atoms with Gasteiger partial charge in [0.25, 0.3) is 0 Å². The minimum absolute atomic E-state index is 0.435. The molecule has 0 spiro atoms. The predicted molar refractivity (Wildman–Crippen MR) is 44.8 cm³/mol. The van der Waals surface area contributed by atoms with Gasteiger partial charge in [0, 0.05) is 7.11 Å². The molecule has 2 N–H and O–H groups in total. The van der Waals surface area contributed by atoms with E-state index in [4.69, 9.17) is 10.5 Å². The van der Waals surface area contributed by atoms with Crippen molar-refractivity contribution in [1.82, 2.24) is 10.1 Å². The summed E-state index contributed by atoms with van der Waals surface area (Å²) in [6, 6.07) is 0. The number of rotatable bonds is 4. The summed E-state index contributed by atoms with van der Waals surface area (Å²) in [7, 11) is 1.63. The van der Waals surface area contributed by atoms with Crippen molar-refractivity contribution in [2.75, 3.05) is 13.7 Å². The van der Waals surface area contributed by atoms with Crippen LogP contribution in [-0.4, -0.2) is 23.9 Å². The fourth-order valence-corrected chi connectivity index (χ4v) is 1.58. The van der Waals surface area contributed by atoms with Crippen LogP contribution >= 0.6 is 0 Å². The van der Waals surface area contributed by atoms with Crippen LogP contribution in [0, 0.1) is 5.92 Å². The molecule has 0 radical (unpaired) electrons. The molecule has 2 rings (SSSR count). The van der Waals surface area contributed by atoms with Crippen molar-refractivity contribution >= 4 is 0 Å². The van der Waals surface area contributed by atoms with Gasteiger partial charge in [0.05, 0.1) is 6.61 Å². The maximum atomic E-state index is 6.17. The lowest BCUT2D eigenvalue weighted by molar-refractivity contribution is 0.112. The Morgan fingerprint density at radius 3 is 3.00 bits per heavy atom. The number of hydrogen-bond acceptors (Lipinski definition) is 5. The quantitative estimate of drug-likeness (QED) is 0.725. The highest BCUT2D eigenvalue weighted by atomic mass is 16.5. The van der Waals surface area contributed by atoms with Gasteiger partial charge in [0.2, 0.25) is 6.39 Å². The molecule has 1 unspecified atom stereocenters. The van der Waals surface area contributed by atoms with Gasteiger partial charge in [-0.15, -0.1) is 0 Å². The third-order valence-electron chi connectivity index (χ3n) is 2.47. The first-order chi connectivity index (χ1) is 6.27. The number of aromatic nitrogens is 2. The van der Waals surface area contributed by atoms with Gasteiger partial charge in [-0.05, 0) is 18.8 Å². The van der Waals surface area contributed by atoms with E-state index in [0.29, 0.717) is 18.3 Å². The zero-order valence-electron chi connectivity index (χ0n) is 7.56. The molecule has 5 nitrogen and oxygen atoms in total. The number of methoxy groups -OCH3 is 1. The highest BCUT2D eigenvalue weighted by molar-refractivity contribution is 5.09. The van der Waals surface area contributed by atoms with Gasteiger partial charge in [-0.2, -0.15) is 4.98 Å². The third-order valence-corrected chi connectivity index (χ3v) is 2.47. The van der Waals surface area contributed by atoms with Crippen molar-refractivity contribution in [2.45, 2.75) is 18.4 Å². The Labute approximate surface area is 76.3 Å². The van der Waals surface area contributed by atoms with Crippen molar-refractivity contribution in [1.29, 1.82) is 0 Å². The molecule has 0 aromatic carbocycles. The first-order valence-electron chi connectivity index (χ1n) is 4.32. The van der Waals surface area contributed by atoms with Gasteiger partial charge in [0.15, 0.2) is 5.82 Å². The van der Waals surface area contributed by atoms with E-state index in [1.807, 2.05) is 0 Å². The fraction of sp³-hybridized carbons (Fsp3) is 0.750. The lowest BCUT2D eigenvalue weighted by Gasteiger charge is -2.24. The lowest BCUT2D eigenvalue weighted by atomic mass is 9.95. The van der Waals surface area contributed by atoms with Crippen molar-refractivity contribution in [3.05, 3.63) is 12.2 Å². The fourth-order valence-electron chi connectivity index (χ4n) is 1.58. The molecule has 0 saturated heterocycles. The maximum Gasteiger partial charge on any atom is 0.213 e. The molecule has 1 aromatic heterocycles. The molecule has 1 aliphatic carbocycles. The number of ether oxygens (including phenoxy) is 1. The summed E-state index contributed by atoms with van der Waals surface area (Å²) in [6.45, 7) is 0.442. The van der Waals surface area contributed by atoms with Gasteiger partial charge in [-0.25, -0.2) is 0 Å². The van der Waals surface area contributed by atoms with Crippen LogP contribution in [0.25, 0.3) is 0 Å². The normalized spacial score (nSPS) is 21.4. The number of nitrogens with two attached hydrogens (primary N) is 1. The van der Waals surface area contributed by atoms with Crippen molar-refractivity contribution < 1.29 is 9.26 Å². The van der Waals surface area contributed by atoms with Gasteiger partial charge in [0.1, 0.15) is 5.54 Å². The van der Waals surface area contributed by atoms with Gasteiger partial charge < -0.3 is 15.0 Å². The SMILES string of the molecule is COCC(N)(c1ncon1)C1CC1. The van der Waals surface area contributed by atoms with E-state index in [1.54, 1.807) is 7.11 Å². The molecule has 1 heterocycles. The molecule has 0 bridgehead atoms. The van der Waals surface area contributed by atoms with E-state index in [-0.39, 0.29) is 0 Å². The number of hydrogen-bond donors (Lipinski definition) is 1. The molecule has 1 saturated carbocycles. The van der Waals surface area contributed by atoms with Crippen LogP contribution in [0.4, 0.5) is 0 Å². The highest BCUT2D eigenvalue weighted by Crippen LogP contribution is 2.42. The summed E-state index contributed by atoms with van der Waals surface area (Å²) in [6.07, 6.45) is 3.54. The van der Waals surface area contributed by atoms with Crippen molar-refractivity contribution in [3.8, 4) is 0 Å². The Kier molecular flexibility index (Phi) is 2.05. The molecule has 5 heteroatoms. The standard InChI is InChI=1S/C8H13N3O2/c1-12-4-8(9,6-2-3-6)7-10-5-13-11-7/h5-6H,2-4,9H2,1H3. The molecule has 1 fully saturated rings. The summed E-state index contributed by atoms with van der Waals surface area (Å²) in [5.41, 5.74) is 5.62. The van der Waals surface area contributed by atoms with E-state index >= 15 is 0 Å². The van der Waals surface area contributed by atoms with Gasteiger partial charge in [-0.1, -0.05) is 5.16 Å². The Morgan fingerprint density at radius 2 is 2.54 bits per heavy atom. The van der Waals surface area contributed by atoms with Gasteiger partial charge in [-0.3, -0.25) is 0 Å². The zero-order valence-corrected chi connectivity index (χ0v) is 7.56. The Hall–Kier alpha value is -0.940. The first kappa shape index (κ1) is 8.65. The topological polar surface area (TPSA) is 74.2 Å². The van der Waals surface area contributed by atoms with Crippen LogP contribution in [0.3, 0.4) is 0 Å². The predicted octanol–water partition coefficient (Wildman–Crippen LogP) is 0.280. The minimum Gasteiger partial charge on any atom is -0.382 e. The van der Waals surface area contributed by atoms with E-state index in [9.17, 15) is 0 Å². The summed E-state index contributed by atoms with van der Waals surface area (Å²) in [5.74, 6) is 0.988. The van der Waals surface area contributed by atoms with Crippen LogP contribution in [0.5, 0.6) is 0 Å². The Morgan fingerprint density at radius 1 is 1.77 bits per heavy atom. The second-order valence-electron chi connectivity index (χ2n) is 3.50. The minimum atomic E-state index is -0.554. The molecule has 1 atom stereocenters. The van der Waals surface area contributed by atoms with Crippen LogP contribution in [-0.2, 0) is 10.3 Å². The molecular formula is C8H13N3O2. The Balaban J connectivity index is 2.22. The van der Waals surface area contributed by atoms with Crippen LogP contribution in [0.2, 0.25) is 0 Å². The smallest absolute Gasteiger partial charge is 0.213 e. The number of nitrogens with zero attached hydrogens (tertiary/aromatic N) is 2. The molecule has 0 aliphatic heterocycles. The van der Waals surface area contributed by atoms with E-state index in [0.717, 1.165) is 12.8 Å². The zero-order chi connectivity index (χ0) is 9.31. The average molecular weight is 183 g/mol. The molecule has 1 aliphatic rings. The summed E-state index contributed by atoms with van der Waals surface area (Å²) >= 11 is 0. The highest BCUT2D eigenvalue weighted by Gasteiger charge is 2.46. The van der Waals surface area contributed by atoms with Gasteiger partial charge >= 0.3 is 0 Å². The van der Waals surface area contributed by atoms with E-state index < -0.39 is 5.54 Å². The van der Waals surface area contributed by atoms with Crippen molar-refractivity contribution in [2.24, 2.45) is 11.7 Å². The monoisotopic (exact) mass is 183 g/mol. The Bertz CT molecular complexity index is 271. The van der Waals surface area contributed by atoms with Crippen LogP contribution in [0.15, 0.2) is 10.9 Å². The third kappa shape index (κ3) is 1.45. The maximum absolute atomic E-state index is 6.17. The molecule has 0 amide bonds. The van der Waals surface area contributed by atoms with E-state index in [1.165, 1.54) is 6.39 Å². The van der Waals surface area contributed by atoms with Crippen LogP contribution in [0.1, 0.15) is 18.7 Å².